The number of hydrogen-bond donors (Lipinski definition) is 0. The second-order valence-electron chi connectivity index (χ2n) is 29.0. The molecular formula is C72H80BN3S. The maximum atomic E-state index is 2.74. The molecule has 3 nitrogen and oxygen atoms in total. The summed E-state index contributed by atoms with van der Waals surface area (Å²) in [6, 6.07) is 55.4. The lowest BCUT2D eigenvalue weighted by molar-refractivity contribution is 0.332. The minimum absolute atomic E-state index is 0.00363. The Hall–Kier alpha value is -6.04. The van der Waals surface area contributed by atoms with Crippen LogP contribution in [-0.2, 0) is 37.9 Å². The molecule has 7 aromatic carbocycles. The molecule has 0 saturated carbocycles. The van der Waals surface area contributed by atoms with Gasteiger partial charge in [0.1, 0.15) is 0 Å². The van der Waals surface area contributed by atoms with Gasteiger partial charge in [-0.25, -0.2) is 0 Å². The third-order valence-electron chi connectivity index (χ3n) is 20.0. The maximum Gasteiger partial charge on any atom is 0.264 e. The van der Waals surface area contributed by atoms with Crippen LogP contribution in [0.4, 0.5) is 51.2 Å². The molecular weight excluding hydrogens is 950 g/mol. The SMILES string of the molecule is CC(C)(C)c1ccc2c3c(sc2c1)B1c2cc4c(cc2N(c2ccc5c(c2)C(C)(C)CCC5(C)C)c2cc(N(c5ccccc5)c5ccccc5)cc(c21)N3c1ccc2c(c1)C(C)(C)CCC2(C)C)C(C)(C)CCC4(C)C. The lowest BCUT2D eigenvalue weighted by atomic mass is 9.35. The van der Waals surface area contributed by atoms with Crippen LogP contribution < -0.4 is 30.4 Å². The fraction of sp³-hybridized carbons (Fsp3) is 0.389. The summed E-state index contributed by atoms with van der Waals surface area (Å²) in [7, 11) is 0. The molecule has 0 fully saturated rings. The molecule has 0 unspecified atom stereocenters. The molecule has 392 valence electrons. The number of thiophene rings is 1. The quantitative estimate of drug-likeness (QED) is 0.159. The van der Waals surface area contributed by atoms with Gasteiger partial charge < -0.3 is 14.7 Å². The third-order valence-corrected chi connectivity index (χ3v) is 21.2. The standard InChI is InChI=1S/C72H80BN3S/c1-66(2,3)45-26-29-51-62(38-45)77-65-64(51)76(49-28-31-53-55(40-49)70(10,11)35-33-68(53,6)7)61-42-50(74(46-22-18-16-19-23-46)47-24-20-17-21-25-47)41-60-63(61)73(65)58-43-56-57(72(14,15)37-36-71(56,12)13)44-59(58)75(60)48-27-30-52-54(39-48)69(8,9)34-32-67(52,4)5/h16-31,38-44H,32-37H2,1-15H3. The van der Waals surface area contributed by atoms with Gasteiger partial charge in [0, 0.05) is 54.7 Å². The van der Waals surface area contributed by atoms with Crippen molar-refractivity contribution in [3.05, 3.63) is 178 Å². The van der Waals surface area contributed by atoms with Crippen molar-refractivity contribution in [2.75, 3.05) is 14.7 Å². The maximum absolute atomic E-state index is 2.74. The molecule has 1 aromatic heterocycles. The van der Waals surface area contributed by atoms with E-state index in [1.807, 2.05) is 11.3 Å². The lowest BCUT2D eigenvalue weighted by Crippen LogP contribution is -2.61. The van der Waals surface area contributed by atoms with Gasteiger partial charge in [0.15, 0.2) is 0 Å². The van der Waals surface area contributed by atoms with E-state index in [0.29, 0.717) is 0 Å². The number of rotatable bonds is 5. The van der Waals surface area contributed by atoms with Crippen LogP contribution in [-0.4, -0.2) is 6.71 Å². The number of fused-ring (bicyclic) bond motifs is 9. The van der Waals surface area contributed by atoms with Crippen molar-refractivity contribution in [1.29, 1.82) is 0 Å². The normalized spacial score (nSPS) is 19.6. The molecule has 3 heterocycles. The third kappa shape index (κ3) is 7.77. The fourth-order valence-electron chi connectivity index (χ4n) is 14.7. The average molecular weight is 1030 g/mol. The molecule has 0 spiro atoms. The van der Waals surface area contributed by atoms with Crippen LogP contribution in [0.1, 0.15) is 181 Å². The molecule has 77 heavy (non-hydrogen) atoms. The topological polar surface area (TPSA) is 9.72 Å². The van der Waals surface area contributed by atoms with Crippen molar-refractivity contribution in [2.45, 2.75) is 180 Å². The van der Waals surface area contributed by atoms with Crippen molar-refractivity contribution >= 4 is 95.0 Å². The molecule has 0 saturated heterocycles. The molecule has 5 aliphatic rings. The van der Waals surface area contributed by atoms with Crippen LogP contribution in [0.25, 0.3) is 10.1 Å². The highest BCUT2D eigenvalue weighted by molar-refractivity contribution is 7.33. The molecule has 0 radical (unpaired) electrons. The van der Waals surface area contributed by atoms with Crippen molar-refractivity contribution in [3.8, 4) is 0 Å². The van der Waals surface area contributed by atoms with E-state index in [4.69, 9.17) is 0 Å². The number of anilines is 9. The van der Waals surface area contributed by atoms with Gasteiger partial charge in [-0.05, 0) is 199 Å². The van der Waals surface area contributed by atoms with Gasteiger partial charge in [0.05, 0.1) is 11.4 Å². The zero-order valence-electron chi connectivity index (χ0n) is 48.8. The molecule has 3 aliphatic carbocycles. The average Bonchev–Trinajstić information content (AvgIpc) is 4.05. The predicted molar refractivity (Wildman–Crippen MR) is 335 cm³/mol. The Balaban J connectivity index is 1.21. The van der Waals surface area contributed by atoms with Gasteiger partial charge in [0.25, 0.3) is 6.71 Å². The number of para-hydroxylation sites is 2. The highest BCUT2D eigenvalue weighted by Gasteiger charge is 2.49. The largest absolute Gasteiger partial charge is 0.311 e. The smallest absolute Gasteiger partial charge is 0.264 e. The first-order valence-corrected chi connectivity index (χ1v) is 29.8. The van der Waals surface area contributed by atoms with Crippen molar-refractivity contribution < 1.29 is 0 Å². The fourth-order valence-corrected chi connectivity index (χ4v) is 16.1. The predicted octanol–water partition coefficient (Wildman–Crippen LogP) is 18.8. The Morgan fingerprint density at radius 2 is 0.870 bits per heavy atom. The minimum atomic E-state index is -0.00363. The Labute approximate surface area is 465 Å². The number of nitrogens with zero attached hydrogens (tertiary/aromatic N) is 3. The molecule has 5 heteroatoms. The molecule has 2 aliphatic heterocycles. The summed E-state index contributed by atoms with van der Waals surface area (Å²) in [5, 5.41) is 1.33. The zero-order valence-corrected chi connectivity index (χ0v) is 49.7. The number of hydrogen-bond acceptors (Lipinski definition) is 4. The molecule has 13 rings (SSSR count). The first kappa shape index (κ1) is 50.5. The van der Waals surface area contributed by atoms with Crippen LogP contribution in [0.5, 0.6) is 0 Å². The summed E-state index contributed by atoms with van der Waals surface area (Å²) in [6.45, 7) is 36.9. The van der Waals surface area contributed by atoms with E-state index >= 15 is 0 Å². The summed E-state index contributed by atoms with van der Waals surface area (Å²) in [6.07, 6.45) is 7.01. The van der Waals surface area contributed by atoms with Gasteiger partial charge in [-0.15, -0.1) is 11.3 Å². The van der Waals surface area contributed by atoms with E-state index in [0.717, 1.165) is 36.3 Å². The Morgan fingerprint density at radius 1 is 0.429 bits per heavy atom. The van der Waals surface area contributed by atoms with Gasteiger partial charge in [-0.2, -0.15) is 0 Å². The van der Waals surface area contributed by atoms with Crippen molar-refractivity contribution in [3.63, 3.8) is 0 Å². The summed E-state index contributed by atoms with van der Waals surface area (Å²) < 4.78 is 2.80. The minimum Gasteiger partial charge on any atom is -0.311 e. The van der Waals surface area contributed by atoms with Gasteiger partial charge in [0.2, 0.25) is 0 Å². The Bertz CT molecular complexity index is 3670. The Morgan fingerprint density at radius 3 is 1.36 bits per heavy atom. The summed E-state index contributed by atoms with van der Waals surface area (Å²) >= 11 is 2.05. The Kier molecular flexibility index (Phi) is 11.0. The van der Waals surface area contributed by atoms with E-state index in [9.17, 15) is 0 Å². The van der Waals surface area contributed by atoms with Gasteiger partial charge in [-0.3, -0.25) is 0 Å². The highest BCUT2D eigenvalue weighted by Crippen LogP contribution is 2.56. The van der Waals surface area contributed by atoms with Crippen LogP contribution >= 0.6 is 11.3 Å². The first-order chi connectivity index (χ1) is 36.3. The highest BCUT2D eigenvalue weighted by atomic mass is 32.1. The monoisotopic (exact) mass is 1030 g/mol. The summed E-state index contributed by atoms with van der Waals surface area (Å²) in [4.78, 5) is 7.98. The van der Waals surface area contributed by atoms with E-state index < -0.39 is 0 Å². The number of benzene rings is 7. The molecule has 0 N–H and O–H groups in total. The summed E-state index contributed by atoms with van der Waals surface area (Å²) in [5.74, 6) is 0. The molecule has 0 atom stereocenters. The van der Waals surface area contributed by atoms with Crippen LogP contribution in [0, 0.1) is 0 Å². The lowest BCUT2D eigenvalue weighted by Gasteiger charge is -2.48. The first-order valence-electron chi connectivity index (χ1n) is 29.0. The van der Waals surface area contributed by atoms with E-state index in [-0.39, 0.29) is 44.6 Å². The van der Waals surface area contributed by atoms with E-state index in [1.165, 1.54) is 118 Å². The van der Waals surface area contributed by atoms with Crippen LogP contribution in [0.3, 0.4) is 0 Å². The second kappa shape index (κ2) is 16.7. The molecule has 8 aromatic rings. The van der Waals surface area contributed by atoms with Crippen molar-refractivity contribution in [1.82, 2.24) is 0 Å². The van der Waals surface area contributed by atoms with Crippen LogP contribution in [0.15, 0.2) is 140 Å². The molecule has 0 bridgehead atoms. The summed E-state index contributed by atoms with van der Waals surface area (Å²) in [5.41, 5.74) is 24.5. The zero-order chi connectivity index (χ0) is 54.1. The van der Waals surface area contributed by atoms with E-state index in [2.05, 4.69) is 258 Å². The molecule has 0 amide bonds. The van der Waals surface area contributed by atoms with Gasteiger partial charge in [-0.1, -0.05) is 171 Å². The van der Waals surface area contributed by atoms with Crippen molar-refractivity contribution in [2.24, 2.45) is 0 Å². The van der Waals surface area contributed by atoms with Crippen LogP contribution in [0.2, 0.25) is 0 Å². The van der Waals surface area contributed by atoms with E-state index in [1.54, 1.807) is 0 Å². The second-order valence-corrected chi connectivity index (χ2v) is 30.1. The van der Waals surface area contributed by atoms with Gasteiger partial charge >= 0.3 is 0 Å².